The van der Waals surface area contributed by atoms with Crippen LogP contribution in [0.2, 0.25) is 0 Å². The van der Waals surface area contributed by atoms with Gasteiger partial charge >= 0.3 is 5.69 Å². The molecule has 1 aliphatic heterocycles. The van der Waals surface area contributed by atoms with Gasteiger partial charge in [0.25, 0.3) is 5.56 Å². The van der Waals surface area contributed by atoms with Crippen molar-refractivity contribution in [1.82, 2.24) is 9.55 Å². The first-order valence-electron chi connectivity index (χ1n) is 8.32. The van der Waals surface area contributed by atoms with Crippen molar-refractivity contribution in [2.45, 2.75) is 25.3 Å². The molecule has 138 valence electrons. The maximum Gasteiger partial charge on any atom is 0.329 e. The molecule has 2 heterocycles. The van der Waals surface area contributed by atoms with Crippen molar-refractivity contribution >= 4 is 18.2 Å². The lowest BCUT2D eigenvalue weighted by atomic mass is 10.00. The average molecular weight is 376 g/mol. The Bertz CT molecular complexity index is 944. The minimum absolute atomic E-state index is 0. The lowest BCUT2D eigenvalue weighted by Crippen LogP contribution is -2.46. The first-order valence-corrected chi connectivity index (χ1v) is 8.32. The first kappa shape index (κ1) is 19.8. The van der Waals surface area contributed by atoms with Gasteiger partial charge in [0, 0.05) is 32.6 Å². The summed E-state index contributed by atoms with van der Waals surface area (Å²) in [6.07, 6.45) is 2.12. The maximum atomic E-state index is 12.7. The van der Waals surface area contributed by atoms with E-state index in [1.165, 1.54) is 7.05 Å². The molecule has 0 spiro atoms. The molecule has 0 aliphatic carbocycles. The summed E-state index contributed by atoms with van der Waals surface area (Å²) in [5.74, 6) is 0.524. The zero-order valence-corrected chi connectivity index (χ0v) is 15.4. The van der Waals surface area contributed by atoms with Crippen LogP contribution in [0, 0.1) is 11.3 Å². The molecule has 26 heavy (non-hydrogen) atoms. The second-order valence-electron chi connectivity index (χ2n) is 6.42. The van der Waals surface area contributed by atoms with Crippen molar-refractivity contribution in [1.29, 1.82) is 5.26 Å². The van der Waals surface area contributed by atoms with Crippen LogP contribution < -0.4 is 21.9 Å². The van der Waals surface area contributed by atoms with E-state index in [1.807, 2.05) is 17.0 Å². The van der Waals surface area contributed by atoms with Crippen molar-refractivity contribution in [3.8, 4) is 6.07 Å². The van der Waals surface area contributed by atoms with Crippen LogP contribution in [0.25, 0.3) is 0 Å². The molecule has 1 fully saturated rings. The summed E-state index contributed by atoms with van der Waals surface area (Å²) in [4.78, 5) is 29.7. The third kappa shape index (κ3) is 3.82. The smallest absolute Gasteiger partial charge is 0.329 e. The highest BCUT2D eigenvalue weighted by molar-refractivity contribution is 5.85. The molecule has 1 aromatic carbocycles. The number of nitriles is 1. The van der Waals surface area contributed by atoms with E-state index >= 15 is 0 Å². The molecule has 3 rings (SSSR count). The Hall–Kier alpha value is -2.56. The Balaban J connectivity index is 0.00000243. The normalized spacial score (nSPS) is 16.7. The fourth-order valence-corrected chi connectivity index (χ4v) is 3.27. The number of anilines is 1. The van der Waals surface area contributed by atoms with E-state index in [0.717, 1.165) is 29.5 Å². The van der Waals surface area contributed by atoms with Crippen molar-refractivity contribution in [3.63, 3.8) is 0 Å². The number of H-pyrrole nitrogens is 1. The highest BCUT2D eigenvalue weighted by Gasteiger charge is 2.23. The number of hydrogen-bond donors (Lipinski definition) is 2. The summed E-state index contributed by atoms with van der Waals surface area (Å²) in [5, 5.41) is 9.30. The first-order chi connectivity index (χ1) is 12.0. The Morgan fingerprint density at radius 3 is 2.77 bits per heavy atom. The number of nitrogens with one attached hydrogen (secondary N) is 1. The van der Waals surface area contributed by atoms with Crippen molar-refractivity contribution in [2.24, 2.45) is 12.8 Å². The number of nitrogens with zero attached hydrogens (tertiary/aromatic N) is 3. The van der Waals surface area contributed by atoms with Crippen LogP contribution in [0.5, 0.6) is 0 Å². The molecular weight excluding hydrogens is 354 g/mol. The average Bonchev–Trinajstić information content (AvgIpc) is 2.62. The third-order valence-electron chi connectivity index (χ3n) is 4.66. The Kier molecular flexibility index (Phi) is 6.24. The maximum absolute atomic E-state index is 12.7. The summed E-state index contributed by atoms with van der Waals surface area (Å²) in [7, 11) is 1.45. The van der Waals surface area contributed by atoms with Gasteiger partial charge < -0.3 is 10.6 Å². The van der Waals surface area contributed by atoms with E-state index in [-0.39, 0.29) is 30.4 Å². The predicted molar refractivity (Wildman–Crippen MR) is 103 cm³/mol. The molecule has 0 unspecified atom stereocenters. The second kappa shape index (κ2) is 8.21. The van der Waals surface area contributed by atoms with Crippen LogP contribution in [0.3, 0.4) is 0 Å². The zero-order valence-electron chi connectivity index (χ0n) is 14.6. The molecule has 0 bridgehead atoms. The van der Waals surface area contributed by atoms with Gasteiger partial charge in [-0.05, 0) is 24.5 Å². The Morgan fingerprint density at radius 1 is 1.35 bits per heavy atom. The molecule has 2 aromatic rings. The molecular formula is C18H22ClN5O2. The zero-order chi connectivity index (χ0) is 18.0. The van der Waals surface area contributed by atoms with Crippen molar-refractivity contribution in [2.75, 3.05) is 18.0 Å². The summed E-state index contributed by atoms with van der Waals surface area (Å²) in [5.41, 5.74) is 7.04. The minimum Gasteiger partial charge on any atom is -0.356 e. The van der Waals surface area contributed by atoms with Crippen LogP contribution in [-0.4, -0.2) is 28.7 Å². The highest BCUT2D eigenvalue weighted by Crippen LogP contribution is 2.22. The largest absolute Gasteiger partial charge is 0.356 e. The topological polar surface area (TPSA) is 108 Å². The van der Waals surface area contributed by atoms with E-state index in [1.54, 1.807) is 12.1 Å². The van der Waals surface area contributed by atoms with Crippen LogP contribution >= 0.6 is 12.4 Å². The van der Waals surface area contributed by atoms with E-state index < -0.39 is 5.69 Å². The number of hydrogen-bond acceptors (Lipinski definition) is 5. The van der Waals surface area contributed by atoms with Crippen LogP contribution in [-0.2, 0) is 13.5 Å². The lowest BCUT2D eigenvalue weighted by Gasteiger charge is -2.33. The minimum atomic E-state index is -0.448. The number of aromatic amines is 1. The van der Waals surface area contributed by atoms with Gasteiger partial charge in [-0.3, -0.25) is 14.3 Å². The Morgan fingerprint density at radius 2 is 2.08 bits per heavy atom. The van der Waals surface area contributed by atoms with E-state index in [4.69, 9.17) is 5.73 Å². The van der Waals surface area contributed by atoms with E-state index in [0.29, 0.717) is 23.5 Å². The molecule has 0 radical (unpaired) electrons. The fourth-order valence-electron chi connectivity index (χ4n) is 3.27. The van der Waals surface area contributed by atoms with Crippen LogP contribution in [0.15, 0.2) is 33.9 Å². The number of halogens is 1. The quantitative estimate of drug-likeness (QED) is 0.828. The second-order valence-corrected chi connectivity index (χ2v) is 6.42. The monoisotopic (exact) mass is 375 g/mol. The molecule has 1 aliphatic rings. The predicted octanol–water partition coefficient (Wildman–Crippen LogP) is 0.885. The van der Waals surface area contributed by atoms with Crippen LogP contribution in [0.4, 0.5) is 5.82 Å². The molecule has 1 saturated heterocycles. The molecule has 0 saturated carbocycles. The highest BCUT2D eigenvalue weighted by atomic mass is 35.5. The van der Waals surface area contributed by atoms with Gasteiger partial charge in [-0.25, -0.2) is 4.79 Å². The molecule has 1 aromatic heterocycles. The van der Waals surface area contributed by atoms with E-state index in [9.17, 15) is 14.9 Å². The number of nitrogens with two attached hydrogens (primary N) is 1. The lowest BCUT2D eigenvalue weighted by molar-refractivity contribution is 0.500. The molecule has 8 heteroatoms. The van der Waals surface area contributed by atoms with Gasteiger partial charge in [-0.1, -0.05) is 18.2 Å². The number of benzene rings is 1. The SMILES string of the molecule is Cl.Cn1c(=O)[nH]c(N2CCC[C@@H](N)C2)c(Cc2ccccc2C#N)c1=O. The molecule has 3 N–H and O–H groups in total. The summed E-state index contributed by atoms with van der Waals surface area (Å²) < 4.78 is 1.07. The van der Waals surface area contributed by atoms with Gasteiger partial charge in [0.1, 0.15) is 5.82 Å². The summed E-state index contributed by atoms with van der Waals surface area (Å²) >= 11 is 0. The summed E-state index contributed by atoms with van der Waals surface area (Å²) in [6, 6.07) is 9.35. The fraction of sp³-hybridized carbons (Fsp3) is 0.389. The van der Waals surface area contributed by atoms with Gasteiger partial charge in [-0.15, -0.1) is 12.4 Å². The van der Waals surface area contributed by atoms with E-state index in [2.05, 4.69) is 11.1 Å². The molecule has 1 atom stereocenters. The standard InChI is InChI=1S/C18H21N5O2.ClH/c1-22-17(24)15(9-12-5-2-3-6-13(12)10-19)16(21-18(22)25)23-8-4-7-14(20)11-23;/h2-3,5-6,14H,4,7-9,11,20H2,1H3,(H,21,25);1H/t14-;/m1./s1. The molecule has 7 nitrogen and oxygen atoms in total. The molecule has 0 amide bonds. The van der Waals surface area contributed by atoms with Gasteiger partial charge in [-0.2, -0.15) is 5.26 Å². The van der Waals surface area contributed by atoms with Crippen LogP contribution in [0.1, 0.15) is 29.5 Å². The summed E-state index contributed by atoms with van der Waals surface area (Å²) in [6.45, 7) is 1.33. The number of piperidine rings is 1. The van der Waals surface area contributed by atoms with Crippen molar-refractivity contribution < 1.29 is 0 Å². The number of aromatic nitrogens is 2. The third-order valence-corrected chi connectivity index (χ3v) is 4.66. The van der Waals surface area contributed by atoms with Gasteiger partial charge in [0.2, 0.25) is 0 Å². The Labute approximate surface area is 157 Å². The van der Waals surface area contributed by atoms with Crippen molar-refractivity contribution in [3.05, 3.63) is 61.8 Å². The number of rotatable bonds is 3. The van der Waals surface area contributed by atoms with Gasteiger partial charge in [0.15, 0.2) is 0 Å². The van der Waals surface area contributed by atoms with Gasteiger partial charge in [0.05, 0.1) is 17.2 Å².